The van der Waals surface area contributed by atoms with Crippen LogP contribution < -0.4 is 5.73 Å². The van der Waals surface area contributed by atoms with E-state index in [1.807, 2.05) is 0 Å². The normalized spacial score (nSPS) is 10.5. The molecule has 2 heterocycles. The third kappa shape index (κ3) is 2.07. The molecule has 17 heavy (non-hydrogen) atoms. The summed E-state index contributed by atoms with van der Waals surface area (Å²) in [7, 11) is 0. The predicted molar refractivity (Wildman–Crippen MR) is 62.5 cm³/mol. The highest BCUT2D eigenvalue weighted by Crippen LogP contribution is 2.19. The van der Waals surface area contributed by atoms with Gasteiger partial charge in [-0.2, -0.15) is 5.10 Å². The summed E-state index contributed by atoms with van der Waals surface area (Å²) in [4.78, 5) is 14.7. The average molecular weight is 253 g/mol. The van der Waals surface area contributed by atoms with Crippen molar-refractivity contribution in [3.63, 3.8) is 0 Å². The lowest BCUT2D eigenvalue weighted by molar-refractivity contribution is 0.0690. The van der Waals surface area contributed by atoms with Crippen molar-refractivity contribution in [1.82, 2.24) is 14.8 Å². The summed E-state index contributed by atoms with van der Waals surface area (Å²) in [5.41, 5.74) is 6.57. The Hall–Kier alpha value is -2.08. The maximum atomic E-state index is 10.8. The predicted octanol–water partition coefficient (Wildman–Crippen LogP) is 1.51. The molecule has 0 aromatic carbocycles. The van der Waals surface area contributed by atoms with Gasteiger partial charge in [-0.15, -0.1) is 0 Å². The van der Waals surface area contributed by atoms with E-state index < -0.39 is 5.97 Å². The first-order valence-corrected chi connectivity index (χ1v) is 5.09. The molecule has 6 nitrogen and oxygen atoms in total. The van der Waals surface area contributed by atoms with Crippen LogP contribution in [-0.2, 0) is 0 Å². The molecule has 2 aromatic rings. The van der Waals surface area contributed by atoms with Gasteiger partial charge in [-0.1, -0.05) is 11.6 Å². The maximum absolute atomic E-state index is 10.8. The van der Waals surface area contributed by atoms with E-state index in [-0.39, 0.29) is 11.5 Å². The summed E-state index contributed by atoms with van der Waals surface area (Å²) in [6, 6.07) is 2.80. The molecule has 7 heteroatoms. The van der Waals surface area contributed by atoms with E-state index >= 15 is 0 Å². The molecule has 2 aromatic heterocycles. The molecular weight excluding hydrogens is 244 g/mol. The van der Waals surface area contributed by atoms with Crippen molar-refractivity contribution in [1.29, 1.82) is 0 Å². The number of rotatable bonds is 2. The fraction of sp³-hybridized carbons (Fsp3) is 0.100. The number of halogens is 1. The number of hydrogen-bond donors (Lipinski definition) is 2. The van der Waals surface area contributed by atoms with Gasteiger partial charge in [0.1, 0.15) is 0 Å². The Morgan fingerprint density at radius 3 is 2.76 bits per heavy atom. The van der Waals surface area contributed by atoms with Crippen LogP contribution in [0.15, 0.2) is 18.3 Å². The number of pyridine rings is 1. The van der Waals surface area contributed by atoms with Crippen LogP contribution in [0, 0.1) is 6.92 Å². The number of carboxylic acid groups (broad SMARTS) is 1. The molecular formula is C10H9ClN4O2. The zero-order valence-electron chi connectivity index (χ0n) is 8.88. The number of carboxylic acids is 1. The van der Waals surface area contributed by atoms with Crippen LogP contribution in [0.2, 0.25) is 5.02 Å². The minimum atomic E-state index is -1.12. The molecule has 0 aliphatic carbocycles. The van der Waals surface area contributed by atoms with E-state index in [0.717, 1.165) is 0 Å². The smallest absolute Gasteiger partial charge is 0.354 e. The first kappa shape index (κ1) is 11.4. The van der Waals surface area contributed by atoms with Gasteiger partial charge in [0.2, 0.25) is 0 Å². The lowest BCUT2D eigenvalue weighted by atomic mass is 10.3. The molecule has 88 valence electrons. The second kappa shape index (κ2) is 4.06. The summed E-state index contributed by atoms with van der Waals surface area (Å²) in [6.07, 6.45) is 1.53. The highest BCUT2D eigenvalue weighted by atomic mass is 35.5. The Bertz CT molecular complexity index is 574. The molecule has 0 saturated heterocycles. The van der Waals surface area contributed by atoms with Crippen LogP contribution >= 0.6 is 11.6 Å². The van der Waals surface area contributed by atoms with E-state index in [1.54, 1.807) is 6.92 Å². The highest BCUT2D eigenvalue weighted by Gasteiger charge is 2.12. The number of nitrogens with zero attached hydrogens (tertiary/aromatic N) is 3. The van der Waals surface area contributed by atoms with Crippen LogP contribution in [0.5, 0.6) is 0 Å². The number of nitrogen functional groups attached to an aromatic ring is 1. The highest BCUT2D eigenvalue weighted by molar-refractivity contribution is 6.31. The van der Waals surface area contributed by atoms with Gasteiger partial charge >= 0.3 is 5.97 Å². The molecule has 0 amide bonds. The number of nitrogens with two attached hydrogens (primary N) is 1. The molecule has 0 radical (unpaired) electrons. The summed E-state index contributed by atoms with van der Waals surface area (Å²) in [5.74, 6) is -0.874. The lowest BCUT2D eigenvalue weighted by Gasteiger charge is -2.05. The van der Waals surface area contributed by atoms with Crippen molar-refractivity contribution in [2.24, 2.45) is 0 Å². The topological polar surface area (TPSA) is 94.0 Å². The first-order valence-electron chi connectivity index (χ1n) is 4.71. The SMILES string of the molecule is Cc1nn(-c2nc(C(=O)O)ccc2N)cc1Cl. The van der Waals surface area contributed by atoms with Crippen LogP contribution in [0.1, 0.15) is 16.2 Å². The van der Waals surface area contributed by atoms with Crippen LogP contribution in [0.3, 0.4) is 0 Å². The van der Waals surface area contributed by atoms with Crippen LogP contribution in [0.4, 0.5) is 5.69 Å². The zero-order chi connectivity index (χ0) is 12.6. The maximum Gasteiger partial charge on any atom is 0.354 e. The minimum absolute atomic E-state index is 0.0986. The third-order valence-electron chi connectivity index (χ3n) is 2.18. The number of aromatic carboxylic acids is 1. The number of aromatic nitrogens is 3. The van der Waals surface area contributed by atoms with Gasteiger partial charge in [0.05, 0.1) is 22.6 Å². The van der Waals surface area contributed by atoms with Gasteiger partial charge in [-0.3, -0.25) is 0 Å². The Morgan fingerprint density at radius 2 is 2.24 bits per heavy atom. The fourth-order valence-corrected chi connectivity index (χ4v) is 1.44. The molecule has 0 aliphatic heterocycles. The van der Waals surface area contributed by atoms with Crippen molar-refractivity contribution in [3.05, 3.63) is 34.7 Å². The summed E-state index contributed by atoms with van der Waals surface area (Å²) >= 11 is 5.87. The third-order valence-corrected chi connectivity index (χ3v) is 2.55. The number of hydrogen-bond acceptors (Lipinski definition) is 4. The standard InChI is InChI=1S/C10H9ClN4O2/c1-5-6(11)4-15(14-5)9-7(12)2-3-8(13-9)10(16)17/h2-4H,12H2,1H3,(H,16,17). The van der Waals surface area contributed by atoms with Gasteiger partial charge in [-0.25, -0.2) is 14.5 Å². The minimum Gasteiger partial charge on any atom is -0.477 e. The molecule has 0 bridgehead atoms. The Labute approximate surface area is 102 Å². The summed E-state index contributed by atoms with van der Waals surface area (Å²) < 4.78 is 1.36. The van der Waals surface area contributed by atoms with Crippen molar-refractivity contribution >= 4 is 23.3 Å². The molecule has 0 fully saturated rings. The van der Waals surface area contributed by atoms with Crippen LogP contribution in [0.25, 0.3) is 5.82 Å². The summed E-state index contributed by atoms with van der Waals surface area (Å²) in [5, 5.41) is 13.4. The zero-order valence-corrected chi connectivity index (χ0v) is 9.64. The van der Waals surface area contributed by atoms with Gasteiger partial charge in [0.15, 0.2) is 11.5 Å². The van der Waals surface area contributed by atoms with E-state index in [4.69, 9.17) is 22.4 Å². The van der Waals surface area contributed by atoms with Gasteiger partial charge in [0.25, 0.3) is 0 Å². The number of aryl methyl sites for hydroxylation is 1. The van der Waals surface area contributed by atoms with Gasteiger partial charge in [0, 0.05) is 0 Å². The molecule has 0 saturated carbocycles. The van der Waals surface area contributed by atoms with E-state index in [2.05, 4.69) is 10.1 Å². The van der Waals surface area contributed by atoms with Crippen molar-refractivity contribution < 1.29 is 9.90 Å². The van der Waals surface area contributed by atoms with Crippen molar-refractivity contribution in [2.75, 3.05) is 5.73 Å². The monoisotopic (exact) mass is 252 g/mol. The Kier molecular flexibility index (Phi) is 2.72. The summed E-state index contributed by atoms with van der Waals surface area (Å²) in [6.45, 7) is 1.73. The number of carbonyl (C=O) groups is 1. The molecule has 3 N–H and O–H groups in total. The first-order chi connectivity index (χ1) is 7.99. The van der Waals surface area contributed by atoms with Crippen LogP contribution in [-0.4, -0.2) is 25.8 Å². The average Bonchev–Trinajstić information content (AvgIpc) is 2.59. The van der Waals surface area contributed by atoms with Gasteiger partial charge < -0.3 is 10.8 Å². The van der Waals surface area contributed by atoms with E-state index in [9.17, 15) is 4.79 Å². The van der Waals surface area contributed by atoms with E-state index in [1.165, 1.54) is 23.0 Å². The number of anilines is 1. The largest absolute Gasteiger partial charge is 0.477 e. The Balaban J connectivity index is 2.57. The van der Waals surface area contributed by atoms with Gasteiger partial charge in [-0.05, 0) is 19.1 Å². The lowest BCUT2D eigenvalue weighted by Crippen LogP contribution is -2.08. The molecule has 2 rings (SSSR count). The molecule has 0 unspecified atom stereocenters. The molecule has 0 atom stereocenters. The van der Waals surface area contributed by atoms with Crippen molar-refractivity contribution in [3.8, 4) is 5.82 Å². The molecule has 0 aliphatic rings. The quantitative estimate of drug-likeness (QED) is 0.845. The second-order valence-electron chi connectivity index (χ2n) is 3.42. The van der Waals surface area contributed by atoms with E-state index in [0.29, 0.717) is 16.4 Å². The Morgan fingerprint density at radius 1 is 1.53 bits per heavy atom. The van der Waals surface area contributed by atoms with Crippen molar-refractivity contribution in [2.45, 2.75) is 6.92 Å². The fourth-order valence-electron chi connectivity index (χ4n) is 1.31. The second-order valence-corrected chi connectivity index (χ2v) is 3.83. The molecule has 0 spiro atoms.